The van der Waals surface area contributed by atoms with Crippen LogP contribution >= 0.6 is 18.7 Å². The Labute approximate surface area is 184 Å². The number of hydrogen-bond acceptors (Lipinski definition) is 5. The van der Waals surface area contributed by atoms with E-state index in [1.54, 1.807) is 18.5 Å². The van der Waals surface area contributed by atoms with E-state index in [0.29, 0.717) is 18.2 Å². The van der Waals surface area contributed by atoms with Crippen molar-refractivity contribution in [2.24, 2.45) is 11.8 Å². The summed E-state index contributed by atoms with van der Waals surface area (Å²) in [5.74, 6) is -0.604. The molecule has 1 aromatic heterocycles. The molecule has 1 aliphatic rings. The number of carbonyl (C=O) groups is 2. The van der Waals surface area contributed by atoms with Crippen LogP contribution < -0.4 is 4.90 Å². The molecular formula is C22H36NO5PS. The number of thiophene rings is 1. The Kier molecular flexibility index (Phi) is 8.34. The maximum Gasteiger partial charge on any atom is 0.348 e. The van der Waals surface area contributed by atoms with Gasteiger partial charge in [0.2, 0.25) is 13.3 Å². The predicted octanol–water partition coefficient (Wildman–Crippen LogP) is 5.85. The van der Waals surface area contributed by atoms with Crippen molar-refractivity contribution in [2.45, 2.75) is 65.7 Å². The monoisotopic (exact) mass is 457 g/mol. The van der Waals surface area contributed by atoms with Gasteiger partial charge in [0.1, 0.15) is 4.88 Å². The third kappa shape index (κ3) is 6.41. The molecule has 1 atom stereocenters. The summed E-state index contributed by atoms with van der Waals surface area (Å²) in [6, 6.07) is 1.83. The summed E-state index contributed by atoms with van der Waals surface area (Å²) in [7, 11) is -2.86. The molecule has 1 heterocycles. The van der Waals surface area contributed by atoms with Crippen molar-refractivity contribution in [1.82, 2.24) is 0 Å². The molecule has 6 nitrogen and oxygen atoms in total. The lowest BCUT2D eigenvalue weighted by Crippen LogP contribution is -2.40. The molecule has 1 unspecified atom stereocenters. The summed E-state index contributed by atoms with van der Waals surface area (Å²) in [5, 5.41) is 9.83. The van der Waals surface area contributed by atoms with Crippen molar-refractivity contribution in [3.8, 4) is 0 Å². The average Bonchev–Trinajstić information content (AvgIpc) is 3.08. The molecule has 0 saturated heterocycles. The zero-order valence-corrected chi connectivity index (χ0v) is 20.8. The number of carboxylic acids is 1. The largest absolute Gasteiger partial charge is 0.477 e. The van der Waals surface area contributed by atoms with Gasteiger partial charge in [0.05, 0.1) is 12.3 Å². The van der Waals surface area contributed by atoms with Crippen LogP contribution in [0.4, 0.5) is 5.69 Å². The highest BCUT2D eigenvalue weighted by atomic mass is 32.1. The van der Waals surface area contributed by atoms with Crippen LogP contribution in [-0.4, -0.2) is 43.0 Å². The zero-order valence-electron chi connectivity index (χ0n) is 19.1. The predicted molar refractivity (Wildman–Crippen MR) is 123 cm³/mol. The Bertz CT molecular complexity index is 805. The van der Waals surface area contributed by atoms with E-state index in [1.165, 1.54) is 11.3 Å². The van der Waals surface area contributed by atoms with Gasteiger partial charge in [0.25, 0.3) is 0 Å². The first kappa shape index (κ1) is 25.1. The molecule has 30 heavy (non-hydrogen) atoms. The summed E-state index contributed by atoms with van der Waals surface area (Å²) < 4.78 is 18.1. The van der Waals surface area contributed by atoms with Crippen LogP contribution in [-0.2, 0) is 19.3 Å². The molecule has 0 aromatic carbocycles. The summed E-state index contributed by atoms with van der Waals surface area (Å²) >= 11 is 1.22. The molecule has 1 saturated carbocycles. The Hall–Kier alpha value is -1.17. The van der Waals surface area contributed by atoms with Crippen molar-refractivity contribution in [3.63, 3.8) is 0 Å². The van der Waals surface area contributed by atoms with Gasteiger partial charge in [-0.2, -0.15) is 0 Å². The van der Waals surface area contributed by atoms with Crippen molar-refractivity contribution >= 4 is 36.3 Å². The Morgan fingerprint density at radius 3 is 2.37 bits per heavy atom. The number of carbonyl (C=O) groups excluding carboxylic acids is 1. The van der Waals surface area contributed by atoms with E-state index in [9.17, 15) is 19.3 Å². The number of carboxylic acid groups (broad SMARTS) is 1. The van der Waals surface area contributed by atoms with Crippen molar-refractivity contribution in [2.75, 3.05) is 30.9 Å². The SMILES string of the molecule is CCOP(C)(=O)CCN(C(=O)C1CCC(C)CC1)c1cc(C(C)(C)C)sc1C(=O)O. The highest BCUT2D eigenvalue weighted by molar-refractivity contribution is 7.58. The van der Waals surface area contributed by atoms with E-state index in [-0.39, 0.29) is 34.8 Å². The summed E-state index contributed by atoms with van der Waals surface area (Å²) in [5.41, 5.74) is 0.200. The topological polar surface area (TPSA) is 83.9 Å². The minimum absolute atomic E-state index is 0.0563. The molecule has 0 bridgehead atoms. The number of hydrogen-bond donors (Lipinski definition) is 1. The molecule has 170 valence electrons. The van der Waals surface area contributed by atoms with Gasteiger partial charge in [0.15, 0.2) is 0 Å². The van der Waals surface area contributed by atoms with Crippen LogP contribution in [0.2, 0.25) is 0 Å². The molecule has 1 amide bonds. The second-order valence-corrected chi connectivity index (χ2v) is 13.3. The van der Waals surface area contributed by atoms with Gasteiger partial charge in [-0.25, -0.2) is 4.79 Å². The van der Waals surface area contributed by atoms with Gasteiger partial charge in [-0.1, -0.05) is 27.7 Å². The number of aromatic carboxylic acids is 1. The molecular weight excluding hydrogens is 421 g/mol. The molecule has 1 aliphatic carbocycles. The lowest BCUT2D eigenvalue weighted by atomic mass is 9.82. The molecule has 1 fully saturated rings. The maximum absolute atomic E-state index is 13.5. The first-order chi connectivity index (χ1) is 13.9. The van der Waals surface area contributed by atoms with Crippen LogP contribution in [0.25, 0.3) is 0 Å². The number of amides is 1. The van der Waals surface area contributed by atoms with Crippen LogP contribution in [0.1, 0.15) is 74.9 Å². The van der Waals surface area contributed by atoms with Gasteiger partial charge in [-0.3, -0.25) is 9.36 Å². The smallest absolute Gasteiger partial charge is 0.348 e. The summed E-state index contributed by atoms with van der Waals surface area (Å²) in [4.78, 5) is 28.2. The number of rotatable bonds is 8. The minimum Gasteiger partial charge on any atom is -0.477 e. The first-order valence-electron chi connectivity index (χ1n) is 10.8. The van der Waals surface area contributed by atoms with E-state index in [1.807, 2.05) is 26.8 Å². The van der Waals surface area contributed by atoms with Gasteiger partial charge in [-0.15, -0.1) is 11.3 Å². The quantitative estimate of drug-likeness (QED) is 0.495. The van der Waals surface area contributed by atoms with Crippen molar-refractivity contribution in [3.05, 3.63) is 15.8 Å². The van der Waals surface area contributed by atoms with E-state index >= 15 is 0 Å². The molecule has 1 aromatic rings. The van der Waals surface area contributed by atoms with E-state index in [2.05, 4.69) is 6.92 Å². The zero-order chi connectivity index (χ0) is 22.7. The molecule has 1 N–H and O–H groups in total. The molecule has 0 spiro atoms. The lowest BCUT2D eigenvalue weighted by Gasteiger charge is -2.31. The normalized spacial score (nSPS) is 21.8. The fourth-order valence-corrected chi connectivity index (χ4v) is 6.10. The standard InChI is InChI=1S/C22H36NO5PS/c1-7-28-29(6,27)13-12-23(20(24)16-10-8-15(2)9-11-16)17-14-18(22(3,4)5)30-19(17)21(25)26/h14-16H,7-13H2,1-6H3,(H,25,26). The van der Waals surface area contributed by atoms with Crippen molar-refractivity contribution < 1.29 is 23.8 Å². The van der Waals surface area contributed by atoms with E-state index in [0.717, 1.165) is 30.6 Å². The lowest BCUT2D eigenvalue weighted by molar-refractivity contribution is -0.123. The minimum atomic E-state index is -2.86. The van der Waals surface area contributed by atoms with Gasteiger partial charge < -0.3 is 14.5 Å². The van der Waals surface area contributed by atoms with Crippen molar-refractivity contribution in [1.29, 1.82) is 0 Å². The van der Waals surface area contributed by atoms with Crippen LogP contribution in [0.15, 0.2) is 6.07 Å². The highest BCUT2D eigenvalue weighted by Crippen LogP contribution is 2.44. The Morgan fingerprint density at radius 1 is 1.27 bits per heavy atom. The molecule has 0 radical (unpaired) electrons. The van der Waals surface area contributed by atoms with E-state index < -0.39 is 13.3 Å². The van der Waals surface area contributed by atoms with Crippen LogP contribution in [0, 0.1) is 11.8 Å². The average molecular weight is 458 g/mol. The number of anilines is 1. The molecule has 8 heteroatoms. The third-order valence-corrected chi connectivity index (χ3v) is 9.05. The number of nitrogens with zero attached hydrogens (tertiary/aromatic N) is 1. The summed E-state index contributed by atoms with van der Waals surface area (Å²) in [6.45, 7) is 12.2. The molecule has 0 aliphatic heterocycles. The molecule has 2 rings (SSSR count). The summed E-state index contributed by atoms with van der Waals surface area (Å²) in [6.07, 6.45) is 3.82. The van der Waals surface area contributed by atoms with E-state index in [4.69, 9.17) is 4.52 Å². The second kappa shape index (κ2) is 9.97. The van der Waals surface area contributed by atoms with Gasteiger partial charge in [-0.05, 0) is 50.0 Å². The van der Waals surface area contributed by atoms with Gasteiger partial charge >= 0.3 is 5.97 Å². The van der Waals surface area contributed by atoms with Crippen LogP contribution in [0.3, 0.4) is 0 Å². The van der Waals surface area contributed by atoms with Crippen LogP contribution in [0.5, 0.6) is 0 Å². The fraction of sp³-hybridized carbons (Fsp3) is 0.727. The van der Waals surface area contributed by atoms with Gasteiger partial charge in [0, 0.05) is 30.2 Å². The highest BCUT2D eigenvalue weighted by Gasteiger charge is 2.34. The second-order valence-electron chi connectivity index (χ2n) is 9.48. The Balaban J connectivity index is 2.42. The first-order valence-corrected chi connectivity index (χ1v) is 13.8. The third-order valence-electron chi connectivity index (χ3n) is 5.70. The maximum atomic E-state index is 13.5. The fourth-order valence-electron chi connectivity index (χ4n) is 3.80. The Morgan fingerprint density at radius 2 is 1.87 bits per heavy atom.